The molecule has 0 heterocycles. The number of ether oxygens (including phenoxy) is 3. The highest BCUT2D eigenvalue weighted by Gasteiger charge is 2.17. The maximum absolute atomic E-state index is 10.8. The summed E-state index contributed by atoms with van der Waals surface area (Å²) >= 11 is 0. The molecule has 5 nitrogen and oxygen atoms in total. The zero-order valence-electron chi connectivity index (χ0n) is 12.8. The van der Waals surface area contributed by atoms with Gasteiger partial charge in [-0.15, -0.1) is 0 Å². The highest BCUT2D eigenvalue weighted by Crippen LogP contribution is 2.06. The van der Waals surface area contributed by atoms with Gasteiger partial charge in [-0.25, -0.2) is 9.59 Å². The van der Waals surface area contributed by atoms with Crippen LogP contribution in [0.3, 0.4) is 0 Å². The first kappa shape index (κ1) is 18.7. The van der Waals surface area contributed by atoms with Crippen LogP contribution in [0.2, 0.25) is 0 Å². The predicted molar refractivity (Wildman–Crippen MR) is 80.0 cm³/mol. The molecule has 0 amide bonds. The number of benzene rings is 1. The van der Waals surface area contributed by atoms with Crippen molar-refractivity contribution in [2.45, 2.75) is 20.8 Å². The van der Waals surface area contributed by atoms with Crippen LogP contribution in [0.5, 0.6) is 5.75 Å². The van der Waals surface area contributed by atoms with Crippen molar-refractivity contribution in [1.82, 2.24) is 0 Å². The van der Waals surface area contributed by atoms with E-state index in [0.29, 0.717) is 0 Å². The fourth-order valence-electron chi connectivity index (χ4n) is 1.20. The molecule has 0 spiro atoms. The lowest BCUT2D eigenvalue weighted by Crippen LogP contribution is -2.17. The number of hydrogen-bond acceptors (Lipinski definition) is 5. The Balaban J connectivity index is 0.000000394. The Morgan fingerprint density at radius 2 is 1.38 bits per heavy atom. The second kappa shape index (κ2) is 11.5. The van der Waals surface area contributed by atoms with Gasteiger partial charge in [-0.2, -0.15) is 0 Å². The van der Waals surface area contributed by atoms with Gasteiger partial charge in [0.15, 0.2) is 0 Å². The van der Waals surface area contributed by atoms with Gasteiger partial charge >= 0.3 is 11.9 Å². The monoisotopic (exact) mass is 294 g/mol. The average Bonchev–Trinajstić information content (AvgIpc) is 2.49. The summed E-state index contributed by atoms with van der Waals surface area (Å²) in [7, 11) is 0. The molecular weight excluding hydrogens is 272 g/mol. The van der Waals surface area contributed by atoms with Crippen LogP contribution < -0.4 is 4.74 Å². The van der Waals surface area contributed by atoms with E-state index in [1.54, 1.807) is 13.8 Å². The summed E-state index contributed by atoms with van der Waals surface area (Å²) in [5.74, 6) is -0.507. The van der Waals surface area contributed by atoms with Crippen LogP contribution in [-0.4, -0.2) is 31.8 Å². The Hall–Kier alpha value is -2.30. The maximum Gasteiger partial charge on any atom is 0.344 e. The van der Waals surface area contributed by atoms with Crippen molar-refractivity contribution < 1.29 is 23.8 Å². The van der Waals surface area contributed by atoms with E-state index in [2.05, 4.69) is 16.1 Å². The Labute approximate surface area is 125 Å². The van der Waals surface area contributed by atoms with E-state index in [4.69, 9.17) is 4.74 Å². The molecule has 0 aliphatic heterocycles. The zero-order valence-corrected chi connectivity index (χ0v) is 12.8. The largest absolute Gasteiger partial charge is 0.494 e. The molecule has 0 saturated heterocycles. The van der Waals surface area contributed by atoms with Crippen molar-refractivity contribution in [1.29, 1.82) is 0 Å². The summed E-state index contributed by atoms with van der Waals surface area (Å²) < 4.78 is 14.3. The summed E-state index contributed by atoms with van der Waals surface area (Å²) in [6, 6.07) is 9.80. The van der Waals surface area contributed by atoms with Crippen molar-refractivity contribution in [2.24, 2.45) is 0 Å². The third kappa shape index (κ3) is 8.47. The van der Waals surface area contributed by atoms with E-state index in [1.807, 2.05) is 37.3 Å². The van der Waals surface area contributed by atoms with Crippen LogP contribution in [0, 0.1) is 0 Å². The minimum absolute atomic E-state index is 0.220. The van der Waals surface area contributed by atoms with Gasteiger partial charge < -0.3 is 14.2 Å². The fourth-order valence-corrected chi connectivity index (χ4v) is 1.20. The van der Waals surface area contributed by atoms with Gasteiger partial charge in [0.05, 0.1) is 19.8 Å². The van der Waals surface area contributed by atoms with E-state index in [1.165, 1.54) is 0 Å². The van der Waals surface area contributed by atoms with Crippen molar-refractivity contribution in [3.63, 3.8) is 0 Å². The summed E-state index contributed by atoms with van der Waals surface area (Å²) in [6.45, 7) is 9.70. The normalized spacial score (nSPS) is 8.90. The lowest BCUT2D eigenvalue weighted by molar-refractivity contribution is -0.146. The highest BCUT2D eigenvalue weighted by atomic mass is 16.6. The maximum atomic E-state index is 10.8. The molecule has 0 atom stereocenters. The highest BCUT2D eigenvalue weighted by molar-refractivity contribution is 6.13. The average molecular weight is 294 g/mol. The van der Waals surface area contributed by atoms with Gasteiger partial charge in [-0.3, -0.25) is 0 Å². The number of para-hydroxylation sites is 1. The standard InChI is InChI=1S/C8H12O4.C8H10O/c1-4-11-7(9)6(3)8(10)12-5-2;1-2-9-8-6-4-3-5-7-8/h3-5H2,1-2H3;3-7H,2H2,1H3. The second-order valence-electron chi connectivity index (χ2n) is 3.67. The molecule has 0 fully saturated rings. The number of carbonyl (C=O) groups excluding carboxylic acids is 2. The van der Waals surface area contributed by atoms with Crippen molar-refractivity contribution in [2.75, 3.05) is 19.8 Å². The van der Waals surface area contributed by atoms with Crippen LogP contribution in [0.15, 0.2) is 42.5 Å². The molecule has 0 aliphatic carbocycles. The number of hydrogen-bond donors (Lipinski definition) is 0. The zero-order chi connectivity index (χ0) is 16.1. The molecule has 0 radical (unpaired) electrons. The first-order chi connectivity index (χ1) is 10.1. The molecular formula is C16H22O5. The molecule has 0 bridgehead atoms. The molecule has 0 unspecified atom stereocenters. The molecule has 1 aromatic rings. The molecule has 116 valence electrons. The summed E-state index contributed by atoms with van der Waals surface area (Å²) in [5, 5.41) is 0. The third-order valence-electron chi connectivity index (χ3n) is 2.10. The lowest BCUT2D eigenvalue weighted by atomic mass is 10.3. The van der Waals surface area contributed by atoms with Gasteiger partial charge in [0.25, 0.3) is 0 Å². The van der Waals surface area contributed by atoms with Crippen molar-refractivity contribution in [3.8, 4) is 5.75 Å². The van der Waals surface area contributed by atoms with Crippen LogP contribution in [0.4, 0.5) is 0 Å². The Morgan fingerprint density at radius 1 is 0.905 bits per heavy atom. The van der Waals surface area contributed by atoms with Gasteiger partial charge in [0, 0.05) is 0 Å². The van der Waals surface area contributed by atoms with Crippen LogP contribution in [0.1, 0.15) is 20.8 Å². The third-order valence-corrected chi connectivity index (χ3v) is 2.10. The smallest absolute Gasteiger partial charge is 0.344 e. The van der Waals surface area contributed by atoms with Crippen molar-refractivity contribution >= 4 is 11.9 Å². The van der Waals surface area contributed by atoms with E-state index in [-0.39, 0.29) is 18.8 Å². The number of carbonyl (C=O) groups is 2. The topological polar surface area (TPSA) is 61.8 Å². The first-order valence-corrected chi connectivity index (χ1v) is 6.77. The molecule has 1 aromatic carbocycles. The van der Waals surface area contributed by atoms with E-state index in [0.717, 1.165) is 12.4 Å². The van der Waals surface area contributed by atoms with E-state index < -0.39 is 11.9 Å². The minimum atomic E-state index is -0.726. The minimum Gasteiger partial charge on any atom is -0.494 e. The molecule has 21 heavy (non-hydrogen) atoms. The SMILES string of the molecule is C=C(C(=O)OCC)C(=O)OCC.CCOc1ccccc1. The first-order valence-electron chi connectivity index (χ1n) is 6.77. The Kier molecular flexibility index (Phi) is 10.3. The van der Waals surface area contributed by atoms with E-state index >= 15 is 0 Å². The van der Waals surface area contributed by atoms with Gasteiger partial charge in [0.1, 0.15) is 11.3 Å². The van der Waals surface area contributed by atoms with Gasteiger partial charge in [-0.1, -0.05) is 24.8 Å². The molecule has 5 heteroatoms. The van der Waals surface area contributed by atoms with Crippen LogP contribution in [0.25, 0.3) is 0 Å². The van der Waals surface area contributed by atoms with Crippen molar-refractivity contribution in [3.05, 3.63) is 42.5 Å². The van der Waals surface area contributed by atoms with Crippen LogP contribution in [-0.2, 0) is 19.1 Å². The lowest BCUT2D eigenvalue weighted by Gasteiger charge is -2.03. The van der Waals surface area contributed by atoms with Gasteiger partial charge in [0.2, 0.25) is 0 Å². The number of rotatable bonds is 6. The molecule has 0 saturated carbocycles. The Bertz CT molecular complexity index is 419. The summed E-state index contributed by atoms with van der Waals surface area (Å²) in [6.07, 6.45) is 0. The predicted octanol–water partition coefficient (Wildman–Crippen LogP) is 2.75. The molecule has 0 aromatic heterocycles. The van der Waals surface area contributed by atoms with E-state index in [9.17, 15) is 9.59 Å². The number of esters is 2. The molecule has 1 rings (SSSR count). The molecule has 0 aliphatic rings. The second-order valence-corrected chi connectivity index (χ2v) is 3.67. The summed E-state index contributed by atoms with van der Waals surface area (Å²) in [5.41, 5.74) is -0.265. The quantitative estimate of drug-likeness (QED) is 0.349. The fraction of sp³-hybridized carbons (Fsp3) is 0.375. The Morgan fingerprint density at radius 3 is 1.76 bits per heavy atom. The van der Waals surface area contributed by atoms with Gasteiger partial charge in [-0.05, 0) is 32.9 Å². The molecule has 0 N–H and O–H groups in total. The van der Waals surface area contributed by atoms with Crippen LogP contribution >= 0.6 is 0 Å². The summed E-state index contributed by atoms with van der Waals surface area (Å²) in [4.78, 5) is 21.7.